The number of sulfonamides is 1. The first-order chi connectivity index (χ1) is 11.2. The number of fused-ring (bicyclic) bond motifs is 1. The minimum absolute atomic E-state index is 0.288. The molecule has 0 saturated heterocycles. The summed E-state index contributed by atoms with van der Waals surface area (Å²) in [5, 5.41) is 2.66. The lowest BCUT2D eigenvalue weighted by molar-refractivity contribution is -0.150. The number of anilines is 2. The van der Waals surface area contributed by atoms with Crippen molar-refractivity contribution in [2.24, 2.45) is 5.92 Å². The third-order valence-electron chi connectivity index (χ3n) is 3.66. The van der Waals surface area contributed by atoms with Crippen molar-refractivity contribution >= 4 is 33.3 Å². The summed E-state index contributed by atoms with van der Waals surface area (Å²) >= 11 is 0. The molecule has 0 radical (unpaired) electrons. The Morgan fingerprint density at radius 2 is 2.04 bits per heavy atom. The van der Waals surface area contributed by atoms with Crippen LogP contribution in [0.1, 0.15) is 25.8 Å². The zero-order chi connectivity index (χ0) is 17.9. The predicted molar refractivity (Wildman–Crippen MR) is 91.4 cm³/mol. The molecule has 132 valence electrons. The van der Waals surface area contributed by atoms with Gasteiger partial charge in [-0.15, -0.1) is 0 Å². The molecule has 0 spiro atoms. The van der Waals surface area contributed by atoms with Gasteiger partial charge in [0.25, 0.3) is 5.91 Å². The summed E-state index contributed by atoms with van der Waals surface area (Å²) in [6, 6.07) is 5.09. The SMILES string of the molecule is CC(C)C(=O)OCC(=O)Nc1ccc2c(c1)CCCN2S(C)(=O)=O. The fraction of sp³-hybridized carbons (Fsp3) is 0.500. The van der Waals surface area contributed by atoms with Crippen molar-refractivity contribution in [1.82, 2.24) is 0 Å². The molecule has 24 heavy (non-hydrogen) atoms. The average Bonchev–Trinajstić information content (AvgIpc) is 2.50. The third-order valence-corrected chi connectivity index (χ3v) is 4.84. The van der Waals surface area contributed by atoms with Crippen LogP contribution in [-0.4, -0.2) is 39.7 Å². The first-order valence-corrected chi connectivity index (χ1v) is 9.60. The lowest BCUT2D eigenvalue weighted by Crippen LogP contribution is -2.34. The number of hydrogen-bond acceptors (Lipinski definition) is 5. The van der Waals surface area contributed by atoms with Gasteiger partial charge < -0.3 is 10.1 Å². The number of carbonyl (C=O) groups excluding carboxylic acids is 2. The van der Waals surface area contributed by atoms with E-state index in [9.17, 15) is 18.0 Å². The van der Waals surface area contributed by atoms with Crippen molar-refractivity contribution in [1.29, 1.82) is 0 Å². The molecule has 2 rings (SSSR count). The quantitative estimate of drug-likeness (QED) is 0.810. The topological polar surface area (TPSA) is 92.8 Å². The number of amides is 1. The zero-order valence-electron chi connectivity index (χ0n) is 14.0. The Morgan fingerprint density at radius 3 is 2.67 bits per heavy atom. The third kappa shape index (κ3) is 4.47. The first kappa shape index (κ1) is 18.3. The van der Waals surface area contributed by atoms with Gasteiger partial charge in [0.1, 0.15) is 0 Å². The highest BCUT2D eigenvalue weighted by Gasteiger charge is 2.24. The molecular formula is C16H22N2O5S. The van der Waals surface area contributed by atoms with Crippen LogP contribution in [0.15, 0.2) is 18.2 Å². The normalized spacial score (nSPS) is 14.2. The van der Waals surface area contributed by atoms with Crippen LogP contribution in [0, 0.1) is 5.92 Å². The van der Waals surface area contributed by atoms with E-state index in [0.29, 0.717) is 17.9 Å². The molecule has 1 heterocycles. The van der Waals surface area contributed by atoms with Crippen molar-refractivity contribution in [2.45, 2.75) is 26.7 Å². The van der Waals surface area contributed by atoms with Gasteiger partial charge in [0.2, 0.25) is 10.0 Å². The van der Waals surface area contributed by atoms with Gasteiger partial charge in [0, 0.05) is 12.2 Å². The average molecular weight is 354 g/mol. The molecule has 0 saturated carbocycles. The van der Waals surface area contributed by atoms with Crippen molar-refractivity contribution in [2.75, 3.05) is 29.0 Å². The largest absolute Gasteiger partial charge is 0.455 e. The highest BCUT2D eigenvalue weighted by molar-refractivity contribution is 7.92. The van der Waals surface area contributed by atoms with Crippen molar-refractivity contribution in [3.8, 4) is 0 Å². The van der Waals surface area contributed by atoms with E-state index in [1.54, 1.807) is 32.0 Å². The molecule has 1 aromatic carbocycles. The van der Waals surface area contributed by atoms with Gasteiger partial charge in [0.15, 0.2) is 6.61 Å². The van der Waals surface area contributed by atoms with Crippen molar-refractivity contribution < 1.29 is 22.7 Å². The molecule has 0 fully saturated rings. The van der Waals surface area contributed by atoms with E-state index in [-0.39, 0.29) is 12.5 Å². The van der Waals surface area contributed by atoms with Gasteiger partial charge in [0.05, 0.1) is 17.9 Å². The molecule has 1 aliphatic heterocycles. The van der Waals surface area contributed by atoms with E-state index in [1.165, 1.54) is 10.6 Å². The monoisotopic (exact) mass is 354 g/mol. The number of aryl methyl sites for hydroxylation is 1. The van der Waals surface area contributed by atoms with Gasteiger partial charge in [-0.2, -0.15) is 0 Å². The van der Waals surface area contributed by atoms with Crippen LogP contribution >= 0.6 is 0 Å². The lowest BCUT2D eigenvalue weighted by atomic mass is 10.0. The number of nitrogens with zero attached hydrogens (tertiary/aromatic N) is 1. The molecule has 7 nitrogen and oxygen atoms in total. The van der Waals surface area contributed by atoms with Crippen LogP contribution in [0.4, 0.5) is 11.4 Å². The Morgan fingerprint density at radius 1 is 1.33 bits per heavy atom. The minimum atomic E-state index is -3.31. The van der Waals surface area contributed by atoms with E-state index in [1.807, 2.05) is 0 Å². The number of esters is 1. The number of benzene rings is 1. The summed E-state index contributed by atoms with van der Waals surface area (Å²) in [5.74, 6) is -1.15. The van der Waals surface area contributed by atoms with Crippen LogP contribution in [0.25, 0.3) is 0 Å². The molecular weight excluding hydrogens is 332 g/mol. The second-order valence-electron chi connectivity index (χ2n) is 6.09. The zero-order valence-corrected chi connectivity index (χ0v) is 14.9. The summed E-state index contributed by atoms with van der Waals surface area (Å²) in [6.45, 7) is 3.50. The number of carbonyl (C=O) groups is 2. The second-order valence-corrected chi connectivity index (χ2v) is 8.00. The molecule has 0 aliphatic carbocycles. The fourth-order valence-electron chi connectivity index (χ4n) is 2.49. The Kier molecular flexibility index (Phi) is 5.48. The van der Waals surface area contributed by atoms with Gasteiger partial charge in [-0.05, 0) is 36.6 Å². The number of ether oxygens (including phenoxy) is 1. The fourth-order valence-corrected chi connectivity index (χ4v) is 3.48. The highest BCUT2D eigenvalue weighted by Crippen LogP contribution is 2.31. The molecule has 0 bridgehead atoms. The lowest BCUT2D eigenvalue weighted by Gasteiger charge is -2.29. The number of nitrogens with one attached hydrogen (secondary N) is 1. The van der Waals surface area contributed by atoms with E-state index >= 15 is 0 Å². The van der Waals surface area contributed by atoms with Gasteiger partial charge in [-0.25, -0.2) is 8.42 Å². The molecule has 0 atom stereocenters. The van der Waals surface area contributed by atoms with Crippen LogP contribution in [0.2, 0.25) is 0 Å². The van der Waals surface area contributed by atoms with Gasteiger partial charge in [-0.3, -0.25) is 13.9 Å². The summed E-state index contributed by atoms with van der Waals surface area (Å²) in [5.41, 5.74) is 2.06. The molecule has 1 N–H and O–H groups in total. The minimum Gasteiger partial charge on any atom is -0.455 e. The van der Waals surface area contributed by atoms with Crippen LogP contribution in [-0.2, 0) is 30.8 Å². The Labute approximate surface area is 142 Å². The van der Waals surface area contributed by atoms with Gasteiger partial charge >= 0.3 is 5.97 Å². The molecule has 8 heteroatoms. The maximum Gasteiger partial charge on any atom is 0.308 e. The second kappa shape index (κ2) is 7.21. The summed E-state index contributed by atoms with van der Waals surface area (Å²) in [7, 11) is -3.31. The maximum atomic E-state index is 11.8. The molecule has 1 aliphatic rings. The molecule has 0 aromatic heterocycles. The first-order valence-electron chi connectivity index (χ1n) is 7.75. The highest BCUT2D eigenvalue weighted by atomic mass is 32.2. The van der Waals surface area contributed by atoms with Gasteiger partial charge in [-0.1, -0.05) is 13.8 Å². The van der Waals surface area contributed by atoms with Crippen LogP contribution in [0.3, 0.4) is 0 Å². The van der Waals surface area contributed by atoms with Crippen molar-refractivity contribution in [3.63, 3.8) is 0 Å². The molecule has 1 aromatic rings. The van der Waals surface area contributed by atoms with E-state index in [2.05, 4.69) is 5.32 Å². The Hall–Kier alpha value is -2.09. The summed E-state index contributed by atoms with van der Waals surface area (Å²) in [4.78, 5) is 23.2. The summed E-state index contributed by atoms with van der Waals surface area (Å²) < 4.78 is 29.9. The predicted octanol–water partition coefficient (Wildman–Crippen LogP) is 1.54. The Bertz CT molecular complexity index is 743. The maximum absolute atomic E-state index is 11.8. The number of hydrogen-bond donors (Lipinski definition) is 1. The molecule has 1 amide bonds. The Balaban J connectivity index is 2.06. The number of rotatable bonds is 5. The van der Waals surface area contributed by atoms with Crippen LogP contribution in [0.5, 0.6) is 0 Å². The standard InChI is InChI=1S/C16H22N2O5S/c1-11(2)16(20)23-10-15(19)17-13-6-7-14-12(9-13)5-4-8-18(14)24(3,21)22/h6-7,9,11H,4-5,8,10H2,1-3H3,(H,17,19). The van der Waals surface area contributed by atoms with E-state index in [4.69, 9.17) is 4.74 Å². The summed E-state index contributed by atoms with van der Waals surface area (Å²) in [6.07, 6.45) is 2.65. The van der Waals surface area contributed by atoms with Crippen molar-refractivity contribution in [3.05, 3.63) is 23.8 Å². The smallest absolute Gasteiger partial charge is 0.308 e. The van der Waals surface area contributed by atoms with E-state index in [0.717, 1.165) is 18.4 Å². The van der Waals surface area contributed by atoms with Crippen LogP contribution < -0.4 is 9.62 Å². The molecule has 0 unspecified atom stereocenters. The van der Waals surface area contributed by atoms with E-state index < -0.39 is 21.9 Å².